The van der Waals surface area contributed by atoms with Crippen molar-refractivity contribution in [2.24, 2.45) is 0 Å². The van der Waals surface area contributed by atoms with E-state index in [4.69, 9.17) is 11.6 Å². The summed E-state index contributed by atoms with van der Waals surface area (Å²) < 4.78 is 0. The lowest BCUT2D eigenvalue weighted by Gasteiger charge is -2.31. The second kappa shape index (κ2) is 6.76. The molecular formula is C14H18ClN3O3. The molecule has 114 valence electrons. The number of rotatable bonds is 3. The number of non-ortho nitro benzene ring substituents is 1. The molecule has 1 aromatic rings. The molecule has 6 nitrogen and oxygen atoms in total. The Morgan fingerprint density at radius 3 is 2.62 bits per heavy atom. The summed E-state index contributed by atoms with van der Waals surface area (Å²) in [5.41, 5.74) is 0.286. The molecule has 0 aliphatic heterocycles. The van der Waals surface area contributed by atoms with Crippen LogP contribution >= 0.6 is 11.6 Å². The zero-order valence-corrected chi connectivity index (χ0v) is 12.6. The van der Waals surface area contributed by atoms with Gasteiger partial charge in [-0.2, -0.15) is 0 Å². The standard InChI is InChI=1S/C14H18ClN3O3/c1-17(10-5-3-2-4-6-10)14(19)16-13-8-7-11(18(20)21)9-12(13)15/h7-10H,2-6H2,1H3,(H,16,19). The number of nitro benzene ring substituents is 1. The highest BCUT2D eigenvalue weighted by Gasteiger charge is 2.22. The van der Waals surface area contributed by atoms with E-state index in [0.717, 1.165) is 25.7 Å². The highest BCUT2D eigenvalue weighted by Crippen LogP contribution is 2.27. The Morgan fingerprint density at radius 1 is 1.38 bits per heavy atom. The van der Waals surface area contributed by atoms with Gasteiger partial charge in [0.25, 0.3) is 5.69 Å². The van der Waals surface area contributed by atoms with Gasteiger partial charge in [0.2, 0.25) is 0 Å². The van der Waals surface area contributed by atoms with Gasteiger partial charge >= 0.3 is 6.03 Å². The summed E-state index contributed by atoms with van der Waals surface area (Å²) >= 11 is 5.97. The molecule has 0 radical (unpaired) electrons. The Bertz CT molecular complexity index is 544. The fourth-order valence-electron chi connectivity index (χ4n) is 2.56. The molecule has 1 saturated carbocycles. The zero-order chi connectivity index (χ0) is 15.4. The number of urea groups is 1. The van der Waals surface area contributed by atoms with E-state index in [0.29, 0.717) is 5.69 Å². The van der Waals surface area contributed by atoms with Crippen LogP contribution in [-0.2, 0) is 0 Å². The predicted octanol–water partition coefficient (Wildman–Crippen LogP) is 4.04. The molecule has 21 heavy (non-hydrogen) atoms. The van der Waals surface area contributed by atoms with Gasteiger partial charge in [0.15, 0.2) is 0 Å². The molecule has 1 aliphatic carbocycles. The fraction of sp³-hybridized carbons (Fsp3) is 0.500. The largest absolute Gasteiger partial charge is 0.325 e. The number of anilines is 1. The Labute approximate surface area is 128 Å². The van der Waals surface area contributed by atoms with E-state index in [2.05, 4.69) is 5.32 Å². The monoisotopic (exact) mass is 311 g/mol. The highest BCUT2D eigenvalue weighted by molar-refractivity contribution is 6.33. The van der Waals surface area contributed by atoms with Crippen molar-refractivity contribution in [3.63, 3.8) is 0 Å². The quantitative estimate of drug-likeness (QED) is 0.676. The van der Waals surface area contributed by atoms with E-state index in [1.807, 2.05) is 0 Å². The SMILES string of the molecule is CN(C(=O)Nc1ccc([N+](=O)[O-])cc1Cl)C1CCCCC1. The van der Waals surface area contributed by atoms with Crippen LogP contribution in [0.25, 0.3) is 0 Å². The van der Waals surface area contributed by atoms with Gasteiger partial charge in [-0.3, -0.25) is 10.1 Å². The third-order valence-corrected chi connectivity index (χ3v) is 4.16. The van der Waals surface area contributed by atoms with Crippen molar-refractivity contribution < 1.29 is 9.72 Å². The summed E-state index contributed by atoms with van der Waals surface area (Å²) in [4.78, 5) is 24.0. The Hall–Kier alpha value is -1.82. The Morgan fingerprint density at radius 2 is 2.05 bits per heavy atom. The number of amides is 2. The van der Waals surface area contributed by atoms with Crippen molar-refractivity contribution in [2.75, 3.05) is 12.4 Å². The Kier molecular flexibility index (Phi) is 5.01. The highest BCUT2D eigenvalue weighted by atomic mass is 35.5. The van der Waals surface area contributed by atoms with Crippen LogP contribution in [0.4, 0.5) is 16.2 Å². The first-order valence-corrected chi connectivity index (χ1v) is 7.34. The predicted molar refractivity (Wildman–Crippen MR) is 81.8 cm³/mol. The van der Waals surface area contributed by atoms with Crippen molar-refractivity contribution in [2.45, 2.75) is 38.1 Å². The number of nitro groups is 1. The van der Waals surface area contributed by atoms with Crippen LogP contribution in [-0.4, -0.2) is 28.9 Å². The lowest BCUT2D eigenvalue weighted by Crippen LogP contribution is -2.40. The minimum Gasteiger partial charge on any atom is -0.325 e. The van der Waals surface area contributed by atoms with Gasteiger partial charge in [0.05, 0.1) is 15.6 Å². The molecule has 1 aromatic carbocycles. The number of benzene rings is 1. The average Bonchev–Trinajstić information content (AvgIpc) is 2.49. The van der Waals surface area contributed by atoms with E-state index in [-0.39, 0.29) is 22.8 Å². The van der Waals surface area contributed by atoms with Gasteiger partial charge < -0.3 is 10.2 Å². The number of halogens is 1. The zero-order valence-electron chi connectivity index (χ0n) is 11.8. The van der Waals surface area contributed by atoms with Crippen LogP contribution in [0.1, 0.15) is 32.1 Å². The van der Waals surface area contributed by atoms with E-state index < -0.39 is 4.92 Å². The van der Waals surface area contributed by atoms with Crippen molar-refractivity contribution in [3.8, 4) is 0 Å². The van der Waals surface area contributed by atoms with Gasteiger partial charge in [-0.25, -0.2) is 4.79 Å². The first-order valence-electron chi connectivity index (χ1n) is 6.97. The third kappa shape index (κ3) is 3.85. The second-order valence-electron chi connectivity index (χ2n) is 5.25. The number of hydrogen-bond donors (Lipinski definition) is 1. The van der Waals surface area contributed by atoms with Crippen LogP contribution in [0.3, 0.4) is 0 Å². The summed E-state index contributed by atoms with van der Waals surface area (Å²) in [5, 5.41) is 13.5. The second-order valence-corrected chi connectivity index (χ2v) is 5.66. The molecule has 0 saturated heterocycles. The van der Waals surface area contributed by atoms with Gasteiger partial charge in [0, 0.05) is 25.2 Å². The van der Waals surface area contributed by atoms with Crippen molar-refractivity contribution in [3.05, 3.63) is 33.3 Å². The molecule has 0 heterocycles. The summed E-state index contributed by atoms with van der Waals surface area (Å²) in [7, 11) is 1.77. The molecule has 0 spiro atoms. The summed E-state index contributed by atoms with van der Waals surface area (Å²) in [6.07, 6.45) is 5.52. The molecule has 0 atom stereocenters. The fourth-order valence-corrected chi connectivity index (χ4v) is 2.78. The Balaban J connectivity index is 2.03. The molecule has 2 amide bonds. The average molecular weight is 312 g/mol. The first-order chi connectivity index (χ1) is 9.99. The topological polar surface area (TPSA) is 75.5 Å². The molecule has 0 unspecified atom stereocenters. The smallest absolute Gasteiger partial charge is 0.321 e. The van der Waals surface area contributed by atoms with Crippen LogP contribution < -0.4 is 5.32 Å². The van der Waals surface area contributed by atoms with Crippen molar-refractivity contribution in [1.82, 2.24) is 4.90 Å². The molecule has 1 fully saturated rings. The van der Waals surface area contributed by atoms with Gasteiger partial charge in [-0.15, -0.1) is 0 Å². The van der Waals surface area contributed by atoms with Gasteiger partial charge in [-0.05, 0) is 18.9 Å². The molecule has 1 N–H and O–H groups in total. The third-order valence-electron chi connectivity index (χ3n) is 3.85. The maximum Gasteiger partial charge on any atom is 0.321 e. The molecule has 2 rings (SSSR count). The molecule has 7 heteroatoms. The van der Waals surface area contributed by atoms with Crippen LogP contribution in [0.5, 0.6) is 0 Å². The van der Waals surface area contributed by atoms with E-state index in [1.165, 1.54) is 24.6 Å². The lowest BCUT2D eigenvalue weighted by atomic mass is 9.95. The molecule has 0 aromatic heterocycles. The summed E-state index contributed by atoms with van der Waals surface area (Å²) in [5.74, 6) is 0. The molecular weight excluding hydrogens is 294 g/mol. The minimum absolute atomic E-state index is 0.0985. The maximum atomic E-state index is 12.2. The van der Waals surface area contributed by atoms with Crippen molar-refractivity contribution in [1.29, 1.82) is 0 Å². The van der Waals surface area contributed by atoms with E-state index in [1.54, 1.807) is 11.9 Å². The number of hydrogen-bond acceptors (Lipinski definition) is 3. The van der Waals surface area contributed by atoms with Crippen molar-refractivity contribution >= 4 is 29.0 Å². The number of nitrogens with one attached hydrogen (secondary N) is 1. The summed E-state index contributed by atoms with van der Waals surface area (Å²) in [6, 6.07) is 4.01. The van der Waals surface area contributed by atoms with Crippen LogP contribution in [0.2, 0.25) is 5.02 Å². The van der Waals surface area contributed by atoms with Gasteiger partial charge in [-0.1, -0.05) is 30.9 Å². The molecule has 0 bridgehead atoms. The van der Waals surface area contributed by atoms with Gasteiger partial charge in [0.1, 0.15) is 0 Å². The normalized spacial score (nSPS) is 15.5. The summed E-state index contributed by atoms with van der Waals surface area (Å²) in [6.45, 7) is 0. The number of carbonyl (C=O) groups excluding carboxylic acids is 1. The van der Waals surface area contributed by atoms with Crippen LogP contribution in [0, 0.1) is 10.1 Å². The number of nitrogens with zero attached hydrogens (tertiary/aromatic N) is 2. The first kappa shape index (κ1) is 15.6. The van der Waals surface area contributed by atoms with Crippen LogP contribution in [0.15, 0.2) is 18.2 Å². The minimum atomic E-state index is -0.522. The lowest BCUT2D eigenvalue weighted by molar-refractivity contribution is -0.384. The van der Waals surface area contributed by atoms with E-state index >= 15 is 0 Å². The molecule has 1 aliphatic rings. The van der Waals surface area contributed by atoms with E-state index in [9.17, 15) is 14.9 Å². The maximum absolute atomic E-state index is 12.2. The number of carbonyl (C=O) groups is 1.